The van der Waals surface area contributed by atoms with E-state index in [1.54, 1.807) is 0 Å². The highest BCUT2D eigenvalue weighted by Gasteiger charge is 2.26. The van der Waals surface area contributed by atoms with E-state index in [0.717, 1.165) is 13.2 Å². The summed E-state index contributed by atoms with van der Waals surface area (Å²) in [5.41, 5.74) is 0.622. The molecule has 1 rings (SSSR count). The lowest BCUT2D eigenvalue weighted by molar-refractivity contribution is 0.128. The molecule has 0 aromatic carbocycles. The molecule has 0 spiro atoms. The lowest BCUT2D eigenvalue weighted by Crippen LogP contribution is -2.18. The summed E-state index contributed by atoms with van der Waals surface area (Å²) in [6, 6.07) is 0. The van der Waals surface area contributed by atoms with Crippen molar-refractivity contribution in [2.75, 3.05) is 13.2 Å². The molecule has 0 N–H and O–H groups in total. The summed E-state index contributed by atoms with van der Waals surface area (Å²) in [7, 11) is 0. The van der Waals surface area contributed by atoms with E-state index in [-0.39, 0.29) is 0 Å². The molecule has 0 radical (unpaired) electrons. The van der Waals surface area contributed by atoms with Gasteiger partial charge in [-0.3, -0.25) is 0 Å². The topological polar surface area (TPSA) is 9.23 Å². The average molecular weight is 156 g/mol. The van der Waals surface area contributed by atoms with Crippen LogP contribution in [0.5, 0.6) is 0 Å². The summed E-state index contributed by atoms with van der Waals surface area (Å²) < 4.78 is 5.45. The van der Waals surface area contributed by atoms with Crippen molar-refractivity contribution in [3.05, 3.63) is 0 Å². The Morgan fingerprint density at radius 2 is 1.82 bits per heavy atom. The SMILES string of the molecule is CCC1(CC)CCCOCC1. The molecule has 1 aliphatic heterocycles. The van der Waals surface area contributed by atoms with E-state index in [0.29, 0.717) is 5.41 Å². The van der Waals surface area contributed by atoms with Gasteiger partial charge in [0, 0.05) is 13.2 Å². The number of rotatable bonds is 2. The summed E-state index contributed by atoms with van der Waals surface area (Å²) in [5.74, 6) is 0. The molecule has 1 fully saturated rings. The van der Waals surface area contributed by atoms with Crippen molar-refractivity contribution in [1.82, 2.24) is 0 Å². The molecule has 0 saturated carbocycles. The molecule has 0 aromatic heterocycles. The van der Waals surface area contributed by atoms with Gasteiger partial charge in [0.05, 0.1) is 0 Å². The van der Waals surface area contributed by atoms with E-state index in [9.17, 15) is 0 Å². The zero-order valence-electron chi connectivity index (χ0n) is 7.86. The van der Waals surface area contributed by atoms with Gasteiger partial charge < -0.3 is 4.74 Å². The number of hydrogen-bond donors (Lipinski definition) is 0. The molecule has 1 saturated heterocycles. The molecule has 0 amide bonds. The van der Waals surface area contributed by atoms with Crippen LogP contribution in [-0.2, 0) is 4.74 Å². The van der Waals surface area contributed by atoms with Crippen LogP contribution in [0.15, 0.2) is 0 Å². The first-order valence-electron chi connectivity index (χ1n) is 4.91. The normalized spacial score (nSPS) is 24.5. The van der Waals surface area contributed by atoms with Gasteiger partial charge >= 0.3 is 0 Å². The summed E-state index contributed by atoms with van der Waals surface area (Å²) >= 11 is 0. The first-order valence-corrected chi connectivity index (χ1v) is 4.91. The third kappa shape index (κ3) is 2.19. The molecule has 66 valence electrons. The molecular formula is C10H20O. The molecule has 11 heavy (non-hydrogen) atoms. The average Bonchev–Trinajstić information content (AvgIpc) is 2.30. The molecule has 0 aromatic rings. The fourth-order valence-corrected chi connectivity index (χ4v) is 2.02. The van der Waals surface area contributed by atoms with Gasteiger partial charge in [0.15, 0.2) is 0 Å². The van der Waals surface area contributed by atoms with E-state index in [2.05, 4.69) is 13.8 Å². The molecule has 0 bridgehead atoms. The minimum Gasteiger partial charge on any atom is -0.381 e. The van der Waals surface area contributed by atoms with Gasteiger partial charge in [-0.05, 0) is 24.7 Å². The zero-order valence-corrected chi connectivity index (χ0v) is 7.86. The summed E-state index contributed by atoms with van der Waals surface area (Å²) in [5, 5.41) is 0. The Kier molecular flexibility index (Phi) is 3.38. The van der Waals surface area contributed by atoms with Crippen LogP contribution >= 0.6 is 0 Å². The highest BCUT2D eigenvalue weighted by molar-refractivity contribution is 4.77. The van der Waals surface area contributed by atoms with Crippen LogP contribution in [0.3, 0.4) is 0 Å². The van der Waals surface area contributed by atoms with Gasteiger partial charge in [-0.2, -0.15) is 0 Å². The Bertz CT molecular complexity index is 95.4. The van der Waals surface area contributed by atoms with Crippen LogP contribution in [0.25, 0.3) is 0 Å². The Labute approximate surface area is 70.1 Å². The van der Waals surface area contributed by atoms with Crippen molar-refractivity contribution < 1.29 is 4.74 Å². The molecule has 0 aliphatic carbocycles. The minimum atomic E-state index is 0.622. The van der Waals surface area contributed by atoms with Crippen LogP contribution in [0.1, 0.15) is 46.0 Å². The fourth-order valence-electron chi connectivity index (χ4n) is 2.02. The maximum Gasteiger partial charge on any atom is 0.0471 e. The largest absolute Gasteiger partial charge is 0.381 e. The minimum absolute atomic E-state index is 0.622. The third-order valence-corrected chi connectivity index (χ3v) is 3.27. The van der Waals surface area contributed by atoms with Crippen molar-refractivity contribution in [3.63, 3.8) is 0 Å². The Hall–Kier alpha value is -0.0400. The van der Waals surface area contributed by atoms with Crippen LogP contribution in [0, 0.1) is 5.41 Å². The quantitative estimate of drug-likeness (QED) is 0.597. The van der Waals surface area contributed by atoms with Crippen molar-refractivity contribution in [2.45, 2.75) is 46.0 Å². The highest BCUT2D eigenvalue weighted by Crippen LogP contribution is 2.37. The predicted octanol–water partition coefficient (Wildman–Crippen LogP) is 2.99. The second-order valence-electron chi connectivity index (χ2n) is 3.67. The van der Waals surface area contributed by atoms with Crippen molar-refractivity contribution in [1.29, 1.82) is 0 Å². The molecule has 0 atom stereocenters. The standard InChI is InChI=1S/C10H20O/c1-3-10(4-2)6-5-8-11-9-7-10/h3-9H2,1-2H3. The van der Waals surface area contributed by atoms with Gasteiger partial charge in [-0.15, -0.1) is 0 Å². The van der Waals surface area contributed by atoms with Crippen LogP contribution in [0.2, 0.25) is 0 Å². The number of hydrogen-bond acceptors (Lipinski definition) is 1. The molecule has 1 aliphatic rings. The zero-order chi connectivity index (χ0) is 8.16. The van der Waals surface area contributed by atoms with Crippen LogP contribution in [0.4, 0.5) is 0 Å². The maximum atomic E-state index is 5.45. The molecule has 1 heterocycles. The first kappa shape index (κ1) is 9.05. The summed E-state index contributed by atoms with van der Waals surface area (Å²) in [6.45, 7) is 6.60. The van der Waals surface area contributed by atoms with Crippen LogP contribution in [-0.4, -0.2) is 13.2 Å². The Morgan fingerprint density at radius 3 is 2.45 bits per heavy atom. The smallest absolute Gasteiger partial charge is 0.0471 e. The van der Waals surface area contributed by atoms with Gasteiger partial charge in [0.1, 0.15) is 0 Å². The number of ether oxygens (including phenoxy) is 1. The lowest BCUT2D eigenvalue weighted by Gasteiger charge is -2.29. The van der Waals surface area contributed by atoms with E-state index >= 15 is 0 Å². The van der Waals surface area contributed by atoms with E-state index < -0.39 is 0 Å². The Balaban J connectivity index is 2.49. The van der Waals surface area contributed by atoms with Crippen molar-refractivity contribution >= 4 is 0 Å². The second-order valence-corrected chi connectivity index (χ2v) is 3.67. The Morgan fingerprint density at radius 1 is 1.09 bits per heavy atom. The highest BCUT2D eigenvalue weighted by atomic mass is 16.5. The van der Waals surface area contributed by atoms with E-state index in [4.69, 9.17) is 4.74 Å². The maximum absolute atomic E-state index is 5.45. The fraction of sp³-hybridized carbons (Fsp3) is 1.00. The molecule has 0 unspecified atom stereocenters. The molecule has 1 nitrogen and oxygen atoms in total. The van der Waals surface area contributed by atoms with Crippen molar-refractivity contribution in [2.24, 2.45) is 5.41 Å². The molecule has 1 heteroatoms. The van der Waals surface area contributed by atoms with E-state index in [1.165, 1.54) is 32.1 Å². The first-order chi connectivity index (χ1) is 5.33. The second kappa shape index (κ2) is 4.10. The summed E-state index contributed by atoms with van der Waals surface area (Å²) in [6.07, 6.45) is 6.57. The lowest BCUT2D eigenvalue weighted by atomic mass is 9.76. The third-order valence-electron chi connectivity index (χ3n) is 3.27. The predicted molar refractivity (Wildman–Crippen MR) is 47.7 cm³/mol. The van der Waals surface area contributed by atoms with Gasteiger partial charge in [0.25, 0.3) is 0 Å². The van der Waals surface area contributed by atoms with Gasteiger partial charge in [0.2, 0.25) is 0 Å². The van der Waals surface area contributed by atoms with Crippen LogP contribution < -0.4 is 0 Å². The summed E-state index contributed by atoms with van der Waals surface area (Å²) in [4.78, 5) is 0. The van der Waals surface area contributed by atoms with Gasteiger partial charge in [-0.1, -0.05) is 26.7 Å². The van der Waals surface area contributed by atoms with Gasteiger partial charge in [-0.25, -0.2) is 0 Å². The van der Waals surface area contributed by atoms with Crippen molar-refractivity contribution in [3.8, 4) is 0 Å². The molecular weight excluding hydrogens is 136 g/mol. The monoisotopic (exact) mass is 156 g/mol. The van der Waals surface area contributed by atoms with E-state index in [1.807, 2.05) is 0 Å².